The molecule has 0 saturated heterocycles. The number of anilines is 1. The summed E-state index contributed by atoms with van der Waals surface area (Å²) in [5.74, 6) is -0.111. The van der Waals surface area contributed by atoms with E-state index in [9.17, 15) is 9.18 Å². The van der Waals surface area contributed by atoms with Gasteiger partial charge < -0.3 is 5.32 Å². The molecule has 5 heteroatoms. The molecule has 1 amide bonds. The van der Waals surface area contributed by atoms with E-state index in [-0.39, 0.29) is 17.6 Å². The normalized spacial score (nSPS) is 16.3. The first-order valence-corrected chi connectivity index (χ1v) is 6.91. The highest BCUT2D eigenvalue weighted by Gasteiger charge is 2.23. The van der Waals surface area contributed by atoms with E-state index in [0.29, 0.717) is 5.13 Å². The fourth-order valence-electron chi connectivity index (χ4n) is 2.35. The third-order valence-electron chi connectivity index (χ3n) is 3.31. The van der Waals surface area contributed by atoms with Crippen molar-refractivity contribution in [3.63, 3.8) is 0 Å². The van der Waals surface area contributed by atoms with Gasteiger partial charge in [-0.15, -0.1) is 0 Å². The predicted molar refractivity (Wildman–Crippen MR) is 70.2 cm³/mol. The predicted octanol–water partition coefficient (Wildman–Crippen LogP) is 3.56. The third-order valence-corrected chi connectivity index (χ3v) is 4.24. The Bertz CT molecular complexity index is 590. The molecule has 1 heterocycles. The lowest BCUT2D eigenvalue weighted by Gasteiger charge is -2.06. The van der Waals surface area contributed by atoms with Crippen molar-refractivity contribution in [1.29, 1.82) is 0 Å². The molecule has 3 nitrogen and oxygen atoms in total. The minimum absolute atomic E-state index is 0.0482. The van der Waals surface area contributed by atoms with Crippen LogP contribution in [0.2, 0.25) is 0 Å². The summed E-state index contributed by atoms with van der Waals surface area (Å²) in [6, 6.07) is 4.45. The van der Waals surface area contributed by atoms with Gasteiger partial charge in [0.15, 0.2) is 5.13 Å². The average Bonchev–Trinajstić information content (AvgIpc) is 2.95. The van der Waals surface area contributed by atoms with Gasteiger partial charge in [-0.2, -0.15) is 0 Å². The maximum Gasteiger partial charge on any atom is 0.229 e. The zero-order valence-electron chi connectivity index (χ0n) is 9.78. The Balaban J connectivity index is 1.79. The summed E-state index contributed by atoms with van der Waals surface area (Å²) in [6.45, 7) is 0. The molecule has 1 fully saturated rings. The van der Waals surface area contributed by atoms with E-state index in [1.807, 2.05) is 0 Å². The third kappa shape index (κ3) is 2.22. The molecule has 0 unspecified atom stereocenters. The lowest BCUT2D eigenvalue weighted by molar-refractivity contribution is -0.119. The molecule has 0 radical (unpaired) electrons. The van der Waals surface area contributed by atoms with Crippen molar-refractivity contribution >= 4 is 32.6 Å². The Morgan fingerprint density at radius 2 is 2.17 bits per heavy atom. The Morgan fingerprint density at radius 1 is 1.39 bits per heavy atom. The van der Waals surface area contributed by atoms with Crippen LogP contribution in [0.4, 0.5) is 9.52 Å². The van der Waals surface area contributed by atoms with Crippen LogP contribution in [-0.4, -0.2) is 10.9 Å². The second-order valence-electron chi connectivity index (χ2n) is 4.60. The summed E-state index contributed by atoms with van der Waals surface area (Å²) in [4.78, 5) is 16.2. The summed E-state index contributed by atoms with van der Waals surface area (Å²) < 4.78 is 13.8. The molecule has 0 bridgehead atoms. The number of halogens is 1. The largest absolute Gasteiger partial charge is 0.302 e. The number of hydrogen-bond donors (Lipinski definition) is 1. The van der Waals surface area contributed by atoms with E-state index in [2.05, 4.69) is 10.3 Å². The standard InChI is InChI=1S/C13H13FN2OS/c14-9-5-6-10-11(7-9)18-13(15-10)16-12(17)8-3-1-2-4-8/h5-8H,1-4H2,(H,15,16,17). The van der Waals surface area contributed by atoms with E-state index < -0.39 is 0 Å². The molecule has 2 aromatic rings. The molecule has 0 aliphatic heterocycles. The zero-order valence-corrected chi connectivity index (χ0v) is 10.6. The zero-order chi connectivity index (χ0) is 12.5. The number of amides is 1. The van der Waals surface area contributed by atoms with Crippen LogP contribution in [0.15, 0.2) is 18.2 Å². The summed E-state index contributed by atoms with van der Waals surface area (Å²) in [5.41, 5.74) is 0.725. The van der Waals surface area contributed by atoms with Crippen molar-refractivity contribution < 1.29 is 9.18 Å². The lowest BCUT2D eigenvalue weighted by atomic mass is 10.1. The van der Waals surface area contributed by atoms with Gasteiger partial charge in [-0.1, -0.05) is 24.2 Å². The van der Waals surface area contributed by atoms with E-state index >= 15 is 0 Å². The molecule has 0 atom stereocenters. The van der Waals surface area contributed by atoms with Gasteiger partial charge in [0.2, 0.25) is 5.91 Å². The van der Waals surface area contributed by atoms with Crippen LogP contribution >= 0.6 is 11.3 Å². The molecule has 0 spiro atoms. The van der Waals surface area contributed by atoms with Crippen molar-refractivity contribution in [2.45, 2.75) is 25.7 Å². The molecule has 1 aliphatic rings. The number of nitrogens with one attached hydrogen (secondary N) is 1. The molecule has 94 valence electrons. The van der Waals surface area contributed by atoms with Gasteiger partial charge in [0, 0.05) is 5.92 Å². The van der Waals surface area contributed by atoms with E-state index in [1.165, 1.54) is 23.5 Å². The number of carbonyl (C=O) groups is 1. The van der Waals surface area contributed by atoms with Gasteiger partial charge in [-0.05, 0) is 31.0 Å². The first kappa shape index (κ1) is 11.6. The van der Waals surface area contributed by atoms with Crippen molar-refractivity contribution in [2.75, 3.05) is 5.32 Å². The molecule has 3 rings (SSSR count). The molecular weight excluding hydrogens is 251 g/mol. The highest BCUT2D eigenvalue weighted by Crippen LogP contribution is 2.29. The Morgan fingerprint density at radius 3 is 2.94 bits per heavy atom. The number of benzene rings is 1. The van der Waals surface area contributed by atoms with Crippen LogP contribution in [0.1, 0.15) is 25.7 Å². The van der Waals surface area contributed by atoms with Crippen molar-refractivity contribution in [3.8, 4) is 0 Å². The second kappa shape index (κ2) is 4.65. The van der Waals surface area contributed by atoms with E-state index in [1.54, 1.807) is 6.07 Å². The van der Waals surface area contributed by atoms with Crippen molar-refractivity contribution in [1.82, 2.24) is 4.98 Å². The van der Waals surface area contributed by atoms with E-state index in [4.69, 9.17) is 0 Å². The monoisotopic (exact) mass is 264 g/mol. The number of aromatic nitrogens is 1. The number of nitrogens with zero attached hydrogens (tertiary/aromatic N) is 1. The maximum absolute atomic E-state index is 13.0. The van der Waals surface area contributed by atoms with Gasteiger partial charge in [0.25, 0.3) is 0 Å². The Hall–Kier alpha value is -1.49. The van der Waals surface area contributed by atoms with Crippen LogP contribution < -0.4 is 5.32 Å². The molecule has 1 aromatic heterocycles. The summed E-state index contributed by atoms with van der Waals surface area (Å²) in [7, 11) is 0. The van der Waals surface area contributed by atoms with Crippen LogP contribution in [-0.2, 0) is 4.79 Å². The number of fused-ring (bicyclic) bond motifs is 1. The minimum atomic E-state index is -0.278. The fourth-order valence-corrected chi connectivity index (χ4v) is 3.24. The van der Waals surface area contributed by atoms with Crippen molar-refractivity contribution in [3.05, 3.63) is 24.0 Å². The number of carbonyl (C=O) groups excluding carboxylic acids is 1. The molecule has 1 saturated carbocycles. The second-order valence-corrected chi connectivity index (χ2v) is 5.63. The van der Waals surface area contributed by atoms with Gasteiger partial charge in [-0.25, -0.2) is 9.37 Å². The van der Waals surface area contributed by atoms with Crippen LogP contribution in [0.5, 0.6) is 0 Å². The minimum Gasteiger partial charge on any atom is -0.302 e. The summed E-state index contributed by atoms with van der Waals surface area (Å²) in [5, 5.41) is 3.40. The van der Waals surface area contributed by atoms with Gasteiger partial charge in [0.1, 0.15) is 5.82 Å². The lowest BCUT2D eigenvalue weighted by Crippen LogP contribution is -2.19. The maximum atomic E-state index is 13.0. The Labute approximate surface area is 108 Å². The molecule has 1 aromatic carbocycles. The van der Waals surface area contributed by atoms with Gasteiger partial charge in [-0.3, -0.25) is 4.79 Å². The van der Waals surface area contributed by atoms with Crippen LogP contribution in [0.3, 0.4) is 0 Å². The number of hydrogen-bond acceptors (Lipinski definition) is 3. The summed E-state index contributed by atoms with van der Waals surface area (Å²) >= 11 is 1.32. The summed E-state index contributed by atoms with van der Waals surface area (Å²) in [6.07, 6.45) is 4.18. The average molecular weight is 264 g/mol. The quantitative estimate of drug-likeness (QED) is 0.901. The highest BCUT2D eigenvalue weighted by atomic mass is 32.1. The van der Waals surface area contributed by atoms with Gasteiger partial charge in [0.05, 0.1) is 10.2 Å². The molecular formula is C13H13FN2OS. The first-order chi connectivity index (χ1) is 8.72. The fraction of sp³-hybridized carbons (Fsp3) is 0.385. The highest BCUT2D eigenvalue weighted by molar-refractivity contribution is 7.22. The van der Waals surface area contributed by atoms with Crippen LogP contribution in [0, 0.1) is 11.7 Å². The topological polar surface area (TPSA) is 42.0 Å². The van der Waals surface area contributed by atoms with E-state index in [0.717, 1.165) is 35.9 Å². The SMILES string of the molecule is O=C(Nc1nc2ccc(F)cc2s1)C1CCCC1. The Kier molecular flexibility index (Phi) is 2.99. The smallest absolute Gasteiger partial charge is 0.229 e. The molecule has 18 heavy (non-hydrogen) atoms. The number of rotatable bonds is 2. The first-order valence-electron chi connectivity index (χ1n) is 6.09. The van der Waals surface area contributed by atoms with Crippen molar-refractivity contribution in [2.24, 2.45) is 5.92 Å². The van der Waals surface area contributed by atoms with Gasteiger partial charge >= 0.3 is 0 Å². The molecule has 1 aliphatic carbocycles. The van der Waals surface area contributed by atoms with Crippen LogP contribution in [0.25, 0.3) is 10.2 Å². The molecule has 1 N–H and O–H groups in total. The number of thiazole rings is 1.